The van der Waals surface area contributed by atoms with Gasteiger partial charge in [0, 0.05) is 43.9 Å². The van der Waals surface area contributed by atoms with Gasteiger partial charge in [0.15, 0.2) is 0 Å². The van der Waals surface area contributed by atoms with Gasteiger partial charge >= 0.3 is 0 Å². The Labute approximate surface area is 156 Å². The quantitative estimate of drug-likeness (QED) is 0.761. The molecule has 1 amide bonds. The minimum absolute atomic E-state index is 0.0249. The Morgan fingerprint density at radius 1 is 1.28 bits per heavy atom. The number of amides is 1. The third-order valence-corrected chi connectivity index (χ3v) is 5.33. The van der Waals surface area contributed by atoms with Gasteiger partial charge < -0.3 is 4.90 Å². The van der Waals surface area contributed by atoms with Crippen LogP contribution in [0.2, 0.25) is 5.02 Å². The highest BCUT2D eigenvalue weighted by molar-refractivity contribution is 7.98. The van der Waals surface area contributed by atoms with Crippen molar-refractivity contribution in [3.8, 4) is 0 Å². The van der Waals surface area contributed by atoms with Gasteiger partial charge in [-0.05, 0) is 36.1 Å². The van der Waals surface area contributed by atoms with Crippen molar-refractivity contribution < 1.29 is 9.18 Å². The predicted molar refractivity (Wildman–Crippen MR) is 98.6 cm³/mol. The van der Waals surface area contributed by atoms with E-state index in [1.54, 1.807) is 18.3 Å². The topological polar surface area (TPSA) is 36.4 Å². The standard InChI is InChI=1S/C18H19ClFN3OS/c1-25-17-15(3-2-6-21-17)18(24)23-9-7-22(8-10-23)12-13-4-5-14(20)11-16(13)19/h2-6,11H,7-10,12H2,1H3. The zero-order valence-corrected chi connectivity index (χ0v) is 15.5. The summed E-state index contributed by atoms with van der Waals surface area (Å²) < 4.78 is 13.1. The fourth-order valence-corrected chi connectivity index (χ4v) is 3.66. The van der Waals surface area contributed by atoms with Crippen molar-refractivity contribution in [2.45, 2.75) is 11.6 Å². The zero-order valence-electron chi connectivity index (χ0n) is 13.9. The Morgan fingerprint density at radius 2 is 2.04 bits per heavy atom. The van der Waals surface area contributed by atoms with Gasteiger partial charge in [-0.1, -0.05) is 17.7 Å². The highest BCUT2D eigenvalue weighted by atomic mass is 35.5. The summed E-state index contributed by atoms with van der Waals surface area (Å²) in [5.74, 6) is -0.304. The summed E-state index contributed by atoms with van der Waals surface area (Å²) in [4.78, 5) is 21.1. The first kappa shape index (κ1) is 18.2. The summed E-state index contributed by atoms with van der Waals surface area (Å²) in [6.45, 7) is 3.48. The van der Waals surface area contributed by atoms with Crippen LogP contribution >= 0.6 is 23.4 Å². The van der Waals surface area contributed by atoms with Crippen LogP contribution in [-0.4, -0.2) is 53.1 Å². The van der Waals surface area contributed by atoms with Crippen LogP contribution in [-0.2, 0) is 6.54 Å². The average molecular weight is 380 g/mol. The van der Waals surface area contributed by atoms with E-state index < -0.39 is 0 Å². The molecule has 1 aliphatic heterocycles. The van der Waals surface area contributed by atoms with Crippen molar-refractivity contribution in [1.29, 1.82) is 0 Å². The summed E-state index contributed by atoms with van der Waals surface area (Å²) in [6.07, 6.45) is 3.62. The largest absolute Gasteiger partial charge is 0.336 e. The van der Waals surface area contributed by atoms with Gasteiger partial charge in [-0.25, -0.2) is 9.37 Å². The monoisotopic (exact) mass is 379 g/mol. The highest BCUT2D eigenvalue weighted by Crippen LogP contribution is 2.22. The van der Waals surface area contributed by atoms with Crippen LogP contribution in [0.15, 0.2) is 41.6 Å². The van der Waals surface area contributed by atoms with Crippen molar-refractivity contribution in [2.24, 2.45) is 0 Å². The third-order valence-electron chi connectivity index (χ3n) is 4.26. The maximum atomic E-state index is 13.1. The molecule has 1 aliphatic rings. The highest BCUT2D eigenvalue weighted by Gasteiger charge is 2.24. The molecule has 0 spiro atoms. The Kier molecular flexibility index (Phi) is 5.93. The lowest BCUT2D eigenvalue weighted by molar-refractivity contribution is 0.0624. The Hall–Kier alpha value is -1.63. The number of pyridine rings is 1. The van der Waals surface area contributed by atoms with E-state index in [0.29, 0.717) is 30.2 Å². The SMILES string of the molecule is CSc1ncccc1C(=O)N1CCN(Cc2ccc(F)cc2Cl)CC1. The first-order valence-electron chi connectivity index (χ1n) is 8.03. The summed E-state index contributed by atoms with van der Waals surface area (Å²) in [5, 5.41) is 1.20. The molecule has 3 rings (SSSR count). The molecule has 1 aromatic carbocycles. The van der Waals surface area contributed by atoms with Crippen LogP contribution in [0, 0.1) is 5.82 Å². The fraction of sp³-hybridized carbons (Fsp3) is 0.333. The van der Waals surface area contributed by atoms with Crippen LogP contribution in [0.5, 0.6) is 0 Å². The number of thioether (sulfide) groups is 1. The van der Waals surface area contributed by atoms with Crippen LogP contribution in [0.3, 0.4) is 0 Å². The Balaban J connectivity index is 1.61. The van der Waals surface area contributed by atoms with E-state index in [2.05, 4.69) is 9.88 Å². The van der Waals surface area contributed by atoms with Crippen LogP contribution in [0.4, 0.5) is 4.39 Å². The van der Waals surface area contributed by atoms with E-state index in [4.69, 9.17) is 11.6 Å². The number of nitrogens with zero attached hydrogens (tertiary/aromatic N) is 3. The van der Waals surface area contributed by atoms with Crippen molar-refractivity contribution in [3.05, 3.63) is 58.5 Å². The second-order valence-corrected chi connectivity index (χ2v) is 7.07. The van der Waals surface area contributed by atoms with E-state index >= 15 is 0 Å². The molecule has 1 fully saturated rings. The summed E-state index contributed by atoms with van der Waals surface area (Å²) >= 11 is 7.58. The van der Waals surface area contributed by atoms with Crippen LogP contribution < -0.4 is 0 Å². The first-order valence-corrected chi connectivity index (χ1v) is 9.63. The lowest BCUT2D eigenvalue weighted by Crippen LogP contribution is -2.48. The van der Waals surface area contributed by atoms with E-state index in [-0.39, 0.29) is 11.7 Å². The normalized spacial score (nSPS) is 15.4. The smallest absolute Gasteiger partial charge is 0.256 e. The number of carbonyl (C=O) groups is 1. The average Bonchev–Trinajstić information content (AvgIpc) is 2.64. The molecule has 0 atom stereocenters. The molecule has 1 aromatic heterocycles. The molecule has 0 unspecified atom stereocenters. The van der Waals surface area contributed by atoms with Gasteiger partial charge in [0.2, 0.25) is 0 Å². The molecule has 0 bridgehead atoms. The number of hydrogen-bond donors (Lipinski definition) is 0. The molecule has 0 aliphatic carbocycles. The molecule has 7 heteroatoms. The third kappa shape index (κ3) is 4.32. The molecule has 0 radical (unpaired) electrons. The molecular formula is C18H19ClFN3OS. The number of hydrogen-bond acceptors (Lipinski definition) is 4. The fourth-order valence-electron chi connectivity index (χ4n) is 2.89. The van der Waals surface area contributed by atoms with Gasteiger partial charge in [0.1, 0.15) is 10.8 Å². The molecule has 4 nitrogen and oxygen atoms in total. The maximum Gasteiger partial charge on any atom is 0.256 e. The van der Waals surface area contributed by atoms with Crippen molar-refractivity contribution in [1.82, 2.24) is 14.8 Å². The van der Waals surface area contributed by atoms with Gasteiger partial charge in [0.05, 0.1) is 5.56 Å². The van der Waals surface area contributed by atoms with Gasteiger partial charge in [-0.15, -0.1) is 11.8 Å². The lowest BCUT2D eigenvalue weighted by Gasteiger charge is -2.35. The first-order chi connectivity index (χ1) is 12.1. The number of piperazine rings is 1. The molecule has 1 saturated heterocycles. The molecule has 0 saturated carbocycles. The minimum Gasteiger partial charge on any atom is -0.336 e. The van der Waals surface area contributed by atoms with Crippen LogP contribution in [0.1, 0.15) is 15.9 Å². The number of aromatic nitrogens is 1. The zero-order chi connectivity index (χ0) is 17.8. The second kappa shape index (κ2) is 8.17. The number of rotatable bonds is 4. The molecule has 2 aromatic rings. The minimum atomic E-state index is -0.328. The maximum absolute atomic E-state index is 13.1. The van der Waals surface area contributed by atoms with E-state index in [0.717, 1.165) is 23.7 Å². The molecule has 0 N–H and O–H groups in total. The summed E-state index contributed by atoms with van der Waals surface area (Å²) in [7, 11) is 0. The lowest BCUT2D eigenvalue weighted by atomic mass is 10.1. The van der Waals surface area contributed by atoms with Gasteiger partial charge in [-0.2, -0.15) is 0 Å². The Bertz CT molecular complexity index is 766. The van der Waals surface area contributed by atoms with Crippen LogP contribution in [0.25, 0.3) is 0 Å². The number of benzene rings is 1. The summed E-state index contributed by atoms with van der Waals surface area (Å²) in [5.41, 5.74) is 1.56. The van der Waals surface area contributed by atoms with E-state index in [9.17, 15) is 9.18 Å². The molecule has 132 valence electrons. The van der Waals surface area contributed by atoms with E-state index in [1.165, 1.54) is 23.9 Å². The predicted octanol–water partition coefficient (Wildman–Crippen LogP) is 3.55. The molecule has 2 heterocycles. The number of carbonyl (C=O) groups excluding carboxylic acids is 1. The number of halogens is 2. The van der Waals surface area contributed by atoms with Gasteiger partial charge in [-0.3, -0.25) is 9.69 Å². The Morgan fingerprint density at radius 3 is 2.72 bits per heavy atom. The van der Waals surface area contributed by atoms with Crippen molar-refractivity contribution in [3.63, 3.8) is 0 Å². The second-order valence-electron chi connectivity index (χ2n) is 5.86. The van der Waals surface area contributed by atoms with Crippen molar-refractivity contribution >= 4 is 29.3 Å². The molecular weight excluding hydrogens is 361 g/mol. The van der Waals surface area contributed by atoms with Crippen molar-refractivity contribution in [2.75, 3.05) is 32.4 Å². The van der Waals surface area contributed by atoms with E-state index in [1.807, 2.05) is 17.2 Å². The molecule has 25 heavy (non-hydrogen) atoms. The van der Waals surface area contributed by atoms with Gasteiger partial charge in [0.25, 0.3) is 5.91 Å². The summed E-state index contributed by atoms with van der Waals surface area (Å²) in [6, 6.07) is 8.09.